The lowest BCUT2D eigenvalue weighted by molar-refractivity contribution is -0.138. The van der Waals surface area contributed by atoms with Gasteiger partial charge in [-0.05, 0) is 47.7 Å². The lowest BCUT2D eigenvalue weighted by atomic mass is 10.2. The summed E-state index contributed by atoms with van der Waals surface area (Å²) in [7, 11) is 0. The van der Waals surface area contributed by atoms with Gasteiger partial charge in [0.25, 0.3) is 0 Å². The Morgan fingerprint density at radius 1 is 1.37 bits per heavy atom. The molecular formula is C13H15F3INO. The van der Waals surface area contributed by atoms with E-state index in [-0.39, 0.29) is 15.2 Å². The molecule has 0 bridgehead atoms. The third-order valence-corrected chi connectivity index (χ3v) is 3.22. The van der Waals surface area contributed by atoms with Gasteiger partial charge in [-0.2, -0.15) is 13.2 Å². The third-order valence-electron chi connectivity index (χ3n) is 2.28. The second kappa shape index (κ2) is 6.58. The number of aliphatic imine (C=N–C) groups is 1. The molecule has 106 valence electrons. The van der Waals surface area contributed by atoms with Crippen molar-refractivity contribution in [1.82, 2.24) is 0 Å². The van der Waals surface area contributed by atoms with E-state index in [4.69, 9.17) is 4.74 Å². The smallest absolute Gasteiger partial charge is 0.417 e. The number of halogens is 4. The number of nitrogens with zero attached hydrogens (tertiary/aromatic N) is 1. The molecule has 0 unspecified atom stereocenters. The lowest BCUT2D eigenvalue weighted by Crippen LogP contribution is -2.12. The molecule has 0 saturated carbocycles. The number of hydrogen-bond acceptors (Lipinski definition) is 2. The summed E-state index contributed by atoms with van der Waals surface area (Å²) < 4.78 is 43.9. The summed E-state index contributed by atoms with van der Waals surface area (Å²) in [6.45, 7) is 6.01. The zero-order valence-corrected chi connectivity index (χ0v) is 13.0. The Kier molecular flexibility index (Phi) is 5.64. The fourth-order valence-electron chi connectivity index (χ4n) is 1.40. The summed E-state index contributed by atoms with van der Waals surface area (Å²) in [5, 5.41) is 0. The maximum Gasteiger partial charge on any atom is 0.417 e. The molecule has 0 heterocycles. The van der Waals surface area contributed by atoms with Crippen molar-refractivity contribution in [2.75, 3.05) is 6.61 Å². The minimum absolute atomic E-state index is 0.0218. The quantitative estimate of drug-likeness (QED) is 0.406. The topological polar surface area (TPSA) is 21.6 Å². The Morgan fingerprint density at radius 3 is 2.47 bits per heavy atom. The Morgan fingerprint density at radius 2 is 2.00 bits per heavy atom. The summed E-state index contributed by atoms with van der Waals surface area (Å²) in [4.78, 5) is 4.15. The van der Waals surface area contributed by atoms with E-state index in [0.717, 1.165) is 6.07 Å². The van der Waals surface area contributed by atoms with Crippen LogP contribution in [0.1, 0.15) is 26.3 Å². The molecule has 0 amide bonds. The summed E-state index contributed by atoms with van der Waals surface area (Å²) >= 11 is 1.67. The molecule has 0 fully saturated rings. The van der Waals surface area contributed by atoms with Crippen LogP contribution in [0, 0.1) is 9.49 Å². The van der Waals surface area contributed by atoms with E-state index in [9.17, 15) is 13.2 Å². The Labute approximate surface area is 124 Å². The van der Waals surface area contributed by atoms with Gasteiger partial charge in [-0.1, -0.05) is 13.8 Å². The molecule has 0 aliphatic heterocycles. The van der Waals surface area contributed by atoms with Crippen molar-refractivity contribution in [1.29, 1.82) is 0 Å². The first-order chi connectivity index (χ1) is 8.75. The monoisotopic (exact) mass is 385 g/mol. The van der Waals surface area contributed by atoms with E-state index in [1.807, 2.05) is 20.8 Å². The first-order valence-electron chi connectivity index (χ1n) is 5.83. The maximum absolute atomic E-state index is 12.8. The van der Waals surface area contributed by atoms with Crippen LogP contribution >= 0.6 is 22.6 Å². The summed E-state index contributed by atoms with van der Waals surface area (Å²) in [5.41, 5.74) is -0.418. The highest BCUT2D eigenvalue weighted by atomic mass is 127. The highest BCUT2D eigenvalue weighted by Crippen LogP contribution is 2.35. The largest absolute Gasteiger partial charge is 0.481 e. The fourth-order valence-corrected chi connectivity index (χ4v) is 2.04. The summed E-state index contributed by atoms with van der Waals surface area (Å²) in [6.07, 6.45) is -4.37. The van der Waals surface area contributed by atoms with Gasteiger partial charge < -0.3 is 4.74 Å². The molecule has 19 heavy (non-hydrogen) atoms. The van der Waals surface area contributed by atoms with Crippen molar-refractivity contribution >= 4 is 34.2 Å². The van der Waals surface area contributed by atoms with E-state index in [1.165, 1.54) is 6.07 Å². The van der Waals surface area contributed by atoms with Crippen LogP contribution in [0.4, 0.5) is 18.9 Å². The van der Waals surface area contributed by atoms with Crippen LogP contribution in [0.15, 0.2) is 23.2 Å². The lowest BCUT2D eigenvalue weighted by Gasteiger charge is -2.12. The number of rotatable bonds is 3. The van der Waals surface area contributed by atoms with Crippen LogP contribution in [-0.2, 0) is 10.9 Å². The molecule has 0 aliphatic rings. The number of alkyl halides is 3. The minimum Gasteiger partial charge on any atom is -0.481 e. The van der Waals surface area contributed by atoms with Gasteiger partial charge in [0.1, 0.15) is 0 Å². The van der Waals surface area contributed by atoms with Gasteiger partial charge in [-0.3, -0.25) is 0 Å². The van der Waals surface area contributed by atoms with Crippen LogP contribution < -0.4 is 0 Å². The molecule has 0 aromatic heterocycles. The Bertz CT molecular complexity index is 469. The Hall–Kier alpha value is -0.790. The van der Waals surface area contributed by atoms with Crippen LogP contribution in [0.25, 0.3) is 0 Å². The SMILES string of the molecule is CCOC(=Nc1ccc(I)c(C(F)(F)F)c1)C(C)C. The van der Waals surface area contributed by atoms with E-state index in [2.05, 4.69) is 4.99 Å². The first-order valence-corrected chi connectivity index (χ1v) is 6.91. The molecule has 0 N–H and O–H groups in total. The second-order valence-corrected chi connectivity index (χ2v) is 5.36. The van der Waals surface area contributed by atoms with Gasteiger partial charge in [0.2, 0.25) is 0 Å². The maximum atomic E-state index is 12.8. The van der Waals surface area contributed by atoms with E-state index in [1.54, 1.807) is 28.7 Å². The van der Waals surface area contributed by atoms with Crippen LogP contribution in [-0.4, -0.2) is 12.5 Å². The molecule has 0 saturated heterocycles. The summed E-state index contributed by atoms with van der Waals surface area (Å²) in [6, 6.07) is 4.01. The van der Waals surface area contributed by atoms with Gasteiger partial charge in [0.15, 0.2) is 5.90 Å². The Balaban J connectivity index is 3.18. The molecule has 0 atom stereocenters. The van der Waals surface area contributed by atoms with Crippen molar-refractivity contribution in [3.05, 3.63) is 27.3 Å². The van der Waals surface area contributed by atoms with Crippen LogP contribution in [0.3, 0.4) is 0 Å². The van der Waals surface area contributed by atoms with E-state index < -0.39 is 11.7 Å². The van der Waals surface area contributed by atoms with Crippen molar-refractivity contribution < 1.29 is 17.9 Å². The zero-order valence-electron chi connectivity index (χ0n) is 10.9. The number of ether oxygens (including phenoxy) is 1. The van der Waals surface area contributed by atoms with Gasteiger partial charge in [-0.25, -0.2) is 4.99 Å². The number of hydrogen-bond donors (Lipinski definition) is 0. The van der Waals surface area contributed by atoms with Crippen LogP contribution in [0.2, 0.25) is 0 Å². The van der Waals surface area contributed by atoms with E-state index >= 15 is 0 Å². The molecule has 1 aromatic rings. The van der Waals surface area contributed by atoms with Gasteiger partial charge in [0, 0.05) is 9.49 Å². The van der Waals surface area contributed by atoms with Crippen molar-refractivity contribution in [2.45, 2.75) is 26.9 Å². The highest BCUT2D eigenvalue weighted by molar-refractivity contribution is 14.1. The predicted molar refractivity (Wildman–Crippen MR) is 77.7 cm³/mol. The molecular weight excluding hydrogens is 370 g/mol. The third kappa shape index (κ3) is 4.67. The first kappa shape index (κ1) is 16.3. The molecule has 0 radical (unpaired) electrons. The minimum atomic E-state index is -4.37. The van der Waals surface area contributed by atoms with Crippen molar-refractivity contribution in [3.8, 4) is 0 Å². The molecule has 0 aliphatic carbocycles. The van der Waals surface area contributed by atoms with E-state index in [0.29, 0.717) is 12.5 Å². The fraction of sp³-hybridized carbons (Fsp3) is 0.462. The molecule has 2 nitrogen and oxygen atoms in total. The van der Waals surface area contributed by atoms with Gasteiger partial charge in [-0.15, -0.1) is 0 Å². The predicted octanol–water partition coefficient (Wildman–Crippen LogP) is 5.03. The van der Waals surface area contributed by atoms with Gasteiger partial charge in [0.05, 0.1) is 17.9 Å². The second-order valence-electron chi connectivity index (χ2n) is 4.20. The van der Waals surface area contributed by atoms with Gasteiger partial charge >= 0.3 is 6.18 Å². The molecule has 0 spiro atoms. The zero-order chi connectivity index (χ0) is 14.6. The van der Waals surface area contributed by atoms with Crippen molar-refractivity contribution in [3.63, 3.8) is 0 Å². The highest BCUT2D eigenvalue weighted by Gasteiger charge is 2.33. The normalized spacial score (nSPS) is 12.9. The average molecular weight is 385 g/mol. The van der Waals surface area contributed by atoms with Crippen molar-refractivity contribution in [2.24, 2.45) is 10.9 Å². The molecule has 1 rings (SSSR count). The van der Waals surface area contributed by atoms with Crippen LogP contribution in [0.5, 0.6) is 0 Å². The summed E-state index contributed by atoms with van der Waals surface area (Å²) in [5.74, 6) is 0.463. The molecule has 1 aromatic carbocycles. The molecule has 6 heteroatoms. The number of benzene rings is 1. The average Bonchev–Trinajstić information content (AvgIpc) is 2.29. The standard InChI is InChI=1S/C13H15F3INO/c1-4-19-12(8(2)3)18-9-5-6-11(17)10(7-9)13(14,15)16/h5-8H,4H2,1-3H3.